The molecule has 1 atom stereocenters. The zero-order valence-corrected chi connectivity index (χ0v) is 12.2. The SMILES string of the molecule is CC(c1nc(N)nc(Nc2ccccc2)n1)N1CCCC1. The van der Waals surface area contributed by atoms with E-state index in [1.165, 1.54) is 12.8 Å². The van der Waals surface area contributed by atoms with E-state index in [0.29, 0.717) is 5.95 Å². The number of anilines is 3. The lowest BCUT2D eigenvalue weighted by molar-refractivity contribution is 0.253. The molecule has 0 aliphatic carbocycles. The highest BCUT2D eigenvalue weighted by Gasteiger charge is 2.22. The number of nitrogens with two attached hydrogens (primary N) is 1. The first-order chi connectivity index (χ1) is 10.2. The molecule has 1 unspecified atom stereocenters. The lowest BCUT2D eigenvalue weighted by Crippen LogP contribution is -2.25. The van der Waals surface area contributed by atoms with Crippen LogP contribution in [0.25, 0.3) is 0 Å². The highest BCUT2D eigenvalue weighted by Crippen LogP contribution is 2.23. The van der Waals surface area contributed by atoms with Crippen molar-refractivity contribution in [2.45, 2.75) is 25.8 Å². The van der Waals surface area contributed by atoms with Gasteiger partial charge in [-0.05, 0) is 45.0 Å². The van der Waals surface area contributed by atoms with E-state index in [4.69, 9.17) is 5.73 Å². The van der Waals surface area contributed by atoms with Crippen LogP contribution in [0.4, 0.5) is 17.6 Å². The van der Waals surface area contributed by atoms with E-state index in [1.807, 2.05) is 30.3 Å². The number of likely N-dealkylation sites (tertiary alicyclic amines) is 1. The largest absolute Gasteiger partial charge is 0.368 e. The fourth-order valence-electron chi connectivity index (χ4n) is 2.59. The molecule has 0 bridgehead atoms. The summed E-state index contributed by atoms with van der Waals surface area (Å²) in [5.41, 5.74) is 6.76. The van der Waals surface area contributed by atoms with Gasteiger partial charge in [-0.15, -0.1) is 0 Å². The second-order valence-electron chi connectivity index (χ2n) is 5.29. The zero-order chi connectivity index (χ0) is 14.7. The molecule has 0 spiro atoms. The number of hydrogen-bond acceptors (Lipinski definition) is 6. The second kappa shape index (κ2) is 6.05. The first kappa shape index (κ1) is 13.8. The quantitative estimate of drug-likeness (QED) is 0.897. The Bertz CT molecular complexity index is 594. The minimum absolute atomic E-state index is 0.161. The molecule has 0 saturated carbocycles. The van der Waals surface area contributed by atoms with E-state index in [9.17, 15) is 0 Å². The van der Waals surface area contributed by atoms with Gasteiger partial charge in [0.2, 0.25) is 11.9 Å². The van der Waals surface area contributed by atoms with Crippen LogP contribution < -0.4 is 11.1 Å². The number of aromatic nitrogens is 3. The summed E-state index contributed by atoms with van der Waals surface area (Å²) < 4.78 is 0. The molecule has 3 rings (SSSR count). The molecule has 21 heavy (non-hydrogen) atoms. The second-order valence-corrected chi connectivity index (χ2v) is 5.29. The van der Waals surface area contributed by atoms with Crippen LogP contribution in [0.2, 0.25) is 0 Å². The maximum absolute atomic E-state index is 5.83. The van der Waals surface area contributed by atoms with Gasteiger partial charge in [-0.1, -0.05) is 18.2 Å². The lowest BCUT2D eigenvalue weighted by Gasteiger charge is -2.22. The Morgan fingerprint density at radius 3 is 2.52 bits per heavy atom. The van der Waals surface area contributed by atoms with Gasteiger partial charge in [-0.25, -0.2) is 0 Å². The number of nitrogens with one attached hydrogen (secondary N) is 1. The smallest absolute Gasteiger partial charge is 0.232 e. The third-order valence-corrected chi connectivity index (χ3v) is 3.76. The van der Waals surface area contributed by atoms with Crippen LogP contribution in [0, 0.1) is 0 Å². The first-order valence-electron chi connectivity index (χ1n) is 7.30. The van der Waals surface area contributed by atoms with E-state index in [1.54, 1.807) is 0 Å². The Hall–Kier alpha value is -2.21. The Morgan fingerprint density at radius 1 is 1.10 bits per heavy atom. The number of hydrogen-bond donors (Lipinski definition) is 2. The van der Waals surface area contributed by atoms with Crippen LogP contribution >= 0.6 is 0 Å². The lowest BCUT2D eigenvalue weighted by atomic mass is 10.3. The average Bonchev–Trinajstić information content (AvgIpc) is 3.01. The molecule has 6 heteroatoms. The van der Waals surface area contributed by atoms with Gasteiger partial charge in [0.25, 0.3) is 0 Å². The Morgan fingerprint density at radius 2 is 1.81 bits per heavy atom. The van der Waals surface area contributed by atoms with Crippen molar-refractivity contribution in [3.05, 3.63) is 36.2 Å². The molecule has 1 aromatic carbocycles. The molecule has 1 aliphatic rings. The minimum atomic E-state index is 0.161. The number of rotatable bonds is 4. The third-order valence-electron chi connectivity index (χ3n) is 3.76. The van der Waals surface area contributed by atoms with Gasteiger partial charge in [0, 0.05) is 5.69 Å². The molecule has 2 aromatic rings. The molecule has 1 aliphatic heterocycles. The fraction of sp³-hybridized carbons (Fsp3) is 0.400. The van der Waals surface area contributed by atoms with Crippen molar-refractivity contribution in [3.63, 3.8) is 0 Å². The monoisotopic (exact) mass is 284 g/mol. The van der Waals surface area contributed by atoms with Crippen LogP contribution in [0.15, 0.2) is 30.3 Å². The van der Waals surface area contributed by atoms with Crippen LogP contribution in [0.5, 0.6) is 0 Å². The number of para-hydroxylation sites is 1. The van der Waals surface area contributed by atoms with Crippen LogP contribution in [-0.4, -0.2) is 32.9 Å². The van der Waals surface area contributed by atoms with Crippen LogP contribution in [-0.2, 0) is 0 Å². The van der Waals surface area contributed by atoms with Gasteiger partial charge in [-0.2, -0.15) is 15.0 Å². The summed E-state index contributed by atoms with van der Waals surface area (Å²) in [6, 6.07) is 9.97. The van der Waals surface area contributed by atoms with Gasteiger partial charge in [0.1, 0.15) is 0 Å². The number of nitrogen functional groups attached to an aromatic ring is 1. The molecule has 1 fully saturated rings. The van der Waals surface area contributed by atoms with Gasteiger partial charge < -0.3 is 11.1 Å². The normalized spacial score (nSPS) is 16.8. The summed E-state index contributed by atoms with van der Waals surface area (Å²) in [6.45, 7) is 4.30. The standard InChI is InChI=1S/C15H20N6/c1-11(21-9-5-6-10-21)13-18-14(16)20-15(19-13)17-12-7-3-2-4-8-12/h2-4,7-8,11H,5-6,9-10H2,1H3,(H3,16,17,18,19,20). The topological polar surface area (TPSA) is 80.0 Å². The maximum atomic E-state index is 5.83. The van der Waals surface area contributed by atoms with Crippen molar-refractivity contribution in [3.8, 4) is 0 Å². The van der Waals surface area contributed by atoms with Crippen molar-refractivity contribution in [2.75, 3.05) is 24.1 Å². The summed E-state index contributed by atoms with van der Waals surface area (Å²) in [7, 11) is 0. The highest BCUT2D eigenvalue weighted by molar-refractivity contribution is 5.53. The molecule has 2 heterocycles. The summed E-state index contributed by atoms with van der Waals surface area (Å²) >= 11 is 0. The number of benzene rings is 1. The van der Waals surface area contributed by atoms with Crippen LogP contribution in [0.1, 0.15) is 31.6 Å². The molecule has 1 aromatic heterocycles. The van der Waals surface area contributed by atoms with Crippen LogP contribution in [0.3, 0.4) is 0 Å². The number of nitrogens with zero attached hydrogens (tertiary/aromatic N) is 4. The Kier molecular flexibility index (Phi) is 3.96. The molecule has 1 saturated heterocycles. The Balaban J connectivity index is 1.82. The highest BCUT2D eigenvalue weighted by atomic mass is 15.2. The first-order valence-corrected chi connectivity index (χ1v) is 7.30. The van der Waals surface area contributed by atoms with E-state index >= 15 is 0 Å². The summed E-state index contributed by atoms with van der Waals surface area (Å²) in [5.74, 6) is 1.47. The zero-order valence-electron chi connectivity index (χ0n) is 12.2. The third kappa shape index (κ3) is 3.28. The molecule has 0 amide bonds. The van der Waals surface area contributed by atoms with E-state index in [0.717, 1.165) is 24.6 Å². The van der Waals surface area contributed by atoms with E-state index < -0.39 is 0 Å². The van der Waals surface area contributed by atoms with Crippen molar-refractivity contribution >= 4 is 17.6 Å². The molecular formula is C15H20N6. The molecular weight excluding hydrogens is 264 g/mol. The summed E-state index contributed by atoms with van der Waals surface area (Å²) in [5, 5.41) is 3.17. The molecule has 6 nitrogen and oxygen atoms in total. The van der Waals surface area contributed by atoms with Crippen molar-refractivity contribution in [1.29, 1.82) is 0 Å². The predicted octanol–water partition coefficient (Wildman–Crippen LogP) is 2.35. The predicted molar refractivity (Wildman–Crippen MR) is 83.2 cm³/mol. The van der Waals surface area contributed by atoms with Crippen molar-refractivity contribution in [2.24, 2.45) is 0 Å². The minimum Gasteiger partial charge on any atom is -0.368 e. The maximum Gasteiger partial charge on any atom is 0.232 e. The molecule has 3 N–H and O–H groups in total. The average molecular weight is 284 g/mol. The molecule has 110 valence electrons. The molecule has 0 radical (unpaired) electrons. The summed E-state index contributed by atoms with van der Waals surface area (Å²) in [4.78, 5) is 15.4. The van der Waals surface area contributed by atoms with Gasteiger partial charge in [-0.3, -0.25) is 4.90 Å². The van der Waals surface area contributed by atoms with Crippen molar-refractivity contribution in [1.82, 2.24) is 19.9 Å². The van der Waals surface area contributed by atoms with Crippen molar-refractivity contribution < 1.29 is 0 Å². The van der Waals surface area contributed by atoms with Gasteiger partial charge in [0.15, 0.2) is 5.82 Å². The van der Waals surface area contributed by atoms with E-state index in [2.05, 4.69) is 32.1 Å². The summed E-state index contributed by atoms with van der Waals surface area (Å²) in [6.07, 6.45) is 2.47. The fourth-order valence-corrected chi connectivity index (χ4v) is 2.59. The Labute approximate surface area is 124 Å². The van der Waals surface area contributed by atoms with Gasteiger partial charge >= 0.3 is 0 Å². The van der Waals surface area contributed by atoms with Gasteiger partial charge in [0.05, 0.1) is 6.04 Å². The van der Waals surface area contributed by atoms with E-state index in [-0.39, 0.29) is 12.0 Å².